The molecule has 0 unspecified atom stereocenters. The van der Waals surface area contributed by atoms with Gasteiger partial charge in [0.15, 0.2) is 5.76 Å². The molecule has 4 rings (SSSR count). The van der Waals surface area contributed by atoms with E-state index in [-0.39, 0.29) is 12.0 Å². The van der Waals surface area contributed by atoms with Crippen molar-refractivity contribution in [2.75, 3.05) is 37.7 Å². The van der Waals surface area contributed by atoms with Crippen molar-refractivity contribution < 1.29 is 13.9 Å². The molecule has 0 N–H and O–H groups in total. The van der Waals surface area contributed by atoms with Crippen molar-refractivity contribution in [2.45, 2.75) is 39.2 Å². The number of aromatic nitrogens is 2. The fourth-order valence-corrected chi connectivity index (χ4v) is 3.70. The Hall–Kier alpha value is -2.41. The van der Waals surface area contributed by atoms with Crippen LogP contribution in [0, 0.1) is 6.92 Å². The zero-order valence-electron chi connectivity index (χ0n) is 16.0. The lowest BCUT2D eigenvalue weighted by Crippen LogP contribution is -2.42. The lowest BCUT2D eigenvalue weighted by Gasteiger charge is -2.32. The van der Waals surface area contributed by atoms with Crippen LogP contribution < -0.4 is 4.90 Å². The third-order valence-electron chi connectivity index (χ3n) is 5.25. The highest BCUT2D eigenvalue weighted by atomic mass is 16.5. The van der Waals surface area contributed by atoms with Crippen molar-refractivity contribution in [1.29, 1.82) is 0 Å². The zero-order chi connectivity index (χ0) is 18.8. The second kappa shape index (κ2) is 7.68. The molecule has 2 aliphatic heterocycles. The minimum Gasteiger partial charge on any atom is -0.456 e. The number of carbonyl (C=O) groups is 1. The molecule has 2 aromatic rings. The van der Waals surface area contributed by atoms with Gasteiger partial charge in [0, 0.05) is 37.8 Å². The highest BCUT2D eigenvalue weighted by Gasteiger charge is 2.30. The summed E-state index contributed by atoms with van der Waals surface area (Å²) in [5.41, 5.74) is 1.72. The van der Waals surface area contributed by atoms with Crippen molar-refractivity contribution >= 4 is 11.9 Å². The van der Waals surface area contributed by atoms with Crippen LogP contribution in [0.5, 0.6) is 0 Å². The van der Waals surface area contributed by atoms with E-state index in [9.17, 15) is 4.79 Å². The van der Waals surface area contributed by atoms with Gasteiger partial charge in [-0.05, 0) is 31.9 Å². The highest BCUT2D eigenvalue weighted by Crippen LogP contribution is 2.25. The van der Waals surface area contributed by atoms with Gasteiger partial charge >= 0.3 is 0 Å². The Morgan fingerprint density at radius 1 is 1.30 bits per heavy atom. The predicted molar refractivity (Wildman–Crippen MR) is 101 cm³/mol. The Kier molecular flexibility index (Phi) is 5.11. The SMILES string of the molecule is CCc1cc(C)c(C(=O)N2CCO[C@H](c3ccnc(N4CCCC4)n3)C2)o1. The third kappa shape index (κ3) is 3.69. The minimum absolute atomic E-state index is 0.0747. The molecular weight excluding hydrogens is 344 g/mol. The summed E-state index contributed by atoms with van der Waals surface area (Å²) >= 11 is 0. The number of carbonyl (C=O) groups excluding carboxylic acids is 1. The number of aryl methyl sites for hydroxylation is 2. The standard InChI is InChI=1S/C20H26N4O3/c1-3-15-12-14(2)18(27-15)19(25)24-10-11-26-17(13-24)16-6-7-21-20(22-16)23-8-4-5-9-23/h6-7,12,17H,3-5,8-11,13H2,1-2H3/t17-/m0/s1. The van der Waals surface area contributed by atoms with Gasteiger partial charge < -0.3 is 19.0 Å². The third-order valence-corrected chi connectivity index (χ3v) is 5.25. The number of nitrogens with zero attached hydrogens (tertiary/aromatic N) is 4. The second-order valence-corrected chi connectivity index (χ2v) is 7.16. The van der Waals surface area contributed by atoms with Gasteiger partial charge in [-0.1, -0.05) is 6.92 Å². The first-order valence-corrected chi connectivity index (χ1v) is 9.73. The van der Waals surface area contributed by atoms with Crippen molar-refractivity contribution in [1.82, 2.24) is 14.9 Å². The first kappa shape index (κ1) is 18.0. The van der Waals surface area contributed by atoms with Crippen LogP contribution in [-0.4, -0.2) is 53.6 Å². The van der Waals surface area contributed by atoms with E-state index in [1.54, 1.807) is 11.1 Å². The summed E-state index contributed by atoms with van der Waals surface area (Å²) in [5, 5.41) is 0. The topological polar surface area (TPSA) is 71.7 Å². The predicted octanol–water partition coefficient (Wildman–Crippen LogP) is 2.75. The Labute approximate surface area is 159 Å². The summed E-state index contributed by atoms with van der Waals surface area (Å²) in [5.74, 6) is 1.96. The first-order chi connectivity index (χ1) is 13.2. The van der Waals surface area contributed by atoms with E-state index in [4.69, 9.17) is 14.1 Å². The summed E-state index contributed by atoms with van der Waals surface area (Å²) in [6, 6.07) is 3.82. The molecule has 0 spiro atoms. The molecule has 0 saturated carbocycles. The number of ether oxygens (including phenoxy) is 1. The lowest BCUT2D eigenvalue weighted by atomic mass is 10.1. The van der Waals surface area contributed by atoms with Crippen molar-refractivity contribution in [3.8, 4) is 0 Å². The van der Waals surface area contributed by atoms with E-state index in [0.29, 0.717) is 25.5 Å². The maximum absolute atomic E-state index is 12.9. The van der Waals surface area contributed by atoms with E-state index in [1.165, 1.54) is 12.8 Å². The minimum atomic E-state index is -0.243. The average molecular weight is 370 g/mol. The molecule has 7 heteroatoms. The van der Waals surface area contributed by atoms with E-state index < -0.39 is 0 Å². The molecule has 0 aliphatic carbocycles. The Morgan fingerprint density at radius 2 is 2.11 bits per heavy atom. The highest BCUT2D eigenvalue weighted by molar-refractivity contribution is 5.93. The van der Waals surface area contributed by atoms with Gasteiger partial charge in [-0.25, -0.2) is 9.97 Å². The maximum Gasteiger partial charge on any atom is 0.290 e. The Morgan fingerprint density at radius 3 is 2.85 bits per heavy atom. The van der Waals surface area contributed by atoms with Gasteiger partial charge in [0.05, 0.1) is 18.8 Å². The van der Waals surface area contributed by atoms with Gasteiger partial charge in [-0.15, -0.1) is 0 Å². The van der Waals surface area contributed by atoms with Crippen LogP contribution in [0.1, 0.15) is 53.4 Å². The first-order valence-electron chi connectivity index (χ1n) is 9.73. The summed E-state index contributed by atoms with van der Waals surface area (Å²) in [7, 11) is 0. The maximum atomic E-state index is 12.9. The largest absolute Gasteiger partial charge is 0.456 e. The molecule has 1 amide bonds. The summed E-state index contributed by atoms with van der Waals surface area (Å²) in [6.07, 6.45) is 4.67. The molecule has 2 aliphatic rings. The second-order valence-electron chi connectivity index (χ2n) is 7.16. The van der Waals surface area contributed by atoms with Crippen molar-refractivity contribution in [3.05, 3.63) is 41.1 Å². The monoisotopic (exact) mass is 370 g/mol. The molecule has 2 saturated heterocycles. The molecule has 7 nitrogen and oxygen atoms in total. The Bertz CT molecular complexity index is 813. The Balaban J connectivity index is 1.50. The fraction of sp³-hybridized carbons (Fsp3) is 0.550. The molecule has 4 heterocycles. The number of morpholine rings is 1. The van der Waals surface area contributed by atoms with Crippen LogP contribution in [0.15, 0.2) is 22.7 Å². The van der Waals surface area contributed by atoms with Crippen LogP contribution >= 0.6 is 0 Å². The smallest absolute Gasteiger partial charge is 0.290 e. The van der Waals surface area contributed by atoms with Crippen LogP contribution in [-0.2, 0) is 11.2 Å². The number of hydrogen-bond acceptors (Lipinski definition) is 6. The molecule has 0 bridgehead atoms. The van der Waals surface area contributed by atoms with Gasteiger partial charge in [0.25, 0.3) is 5.91 Å². The lowest BCUT2D eigenvalue weighted by molar-refractivity contribution is -0.0257. The van der Waals surface area contributed by atoms with E-state index >= 15 is 0 Å². The number of hydrogen-bond donors (Lipinski definition) is 0. The summed E-state index contributed by atoms with van der Waals surface area (Å²) < 4.78 is 11.7. The molecule has 0 aromatic carbocycles. The number of furan rings is 1. The molecule has 0 radical (unpaired) electrons. The summed E-state index contributed by atoms with van der Waals surface area (Å²) in [6.45, 7) is 7.44. The van der Waals surface area contributed by atoms with Crippen LogP contribution in [0.4, 0.5) is 5.95 Å². The van der Waals surface area contributed by atoms with Gasteiger partial charge in [-0.2, -0.15) is 0 Å². The molecule has 2 fully saturated rings. The number of rotatable bonds is 4. The molecule has 2 aromatic heterocycles. The zero-order valence-corrected chi connectivity index (χ0v) is 16.0. The molecule has 144 valence electrons. The van der Waals surface area contributed by atoms with Gasteiger partial charge in [0.2, 0.25) is 5.95 Å². The van der Waals surface area contributed by atoms with Crippen LogP contribution in [0.3, 0.4) is 0 Å². The molecule has 1 atom stereocenters. The number of anilines is 1. The van der Waals surface area contributed by atoms with Crippen LogP contribution in [0.25, 0.3) is 0 Å². The van der Waals surface area contributed by atoms with Crippen molar-refractivity contribution in [3.63, 3.8) is 0 Å². The fourth-order valence-electron chi connectivity index (χ4n) is 3.70. The van der Waals surface area contributed by atoms with E-state index in [2.05, 4.69) is 9.88 Å². The summed E-state index contributed by atoms with van der Waals surface area (Å²) in [4.78, 5) is 26.1. The molecule has 27 heavy (non-hydrogen) atoms. The van der Waals surface area contributed by atoms with E-state index in [1.807, 2.05) is 26.0 Å². The van der Waals surface area contributed by atoms with Crippen LogP contribution in [0.2, 0.25) is 0 Å². The van der Waals surface area contributed by atoms with E-state index in [0.717, 1.165) is 42.5 Å². The average Bonchev–Trinajstić information content (AvgIpc) is 3.37. The van der Waals surface area contributed by atoms with Gasteiger partial charge in [0.1, 0.15) is 11.9 Å². The van der Waals surface area contributed by atoms with Gasteiger partial charge in [-0.3, -0.25) is 4.79 Å². The normalized spacial score (nSPS) is 20.3. The molecular formula is C20H26N4O3. The van der Waals surface area contributed by atoms with Crippen molar-refractivity contribution in [2.24, 2.45) is 0 Å². The quantitative estimate of drug-likeness (QED) is 0.824. The number of amides is 1.